The number of hydrogen-bond donors (Lipinski definition) is 1. The molecule has 108 valence electrons. The van der Waals surface area contributed by atoms with Crippen molar-refractivity contribution in [2.24, 2.45) is 0 Å². The lowest BCUT2D eigenvalue weighted by molar-refractivity contribution is 0.502. The molecule has 0 amide bonds. The first-order chi connectivity index (χ1) is 9.59. The highest BCUT2D eigenvalue weighted by Gasteiger charge is 2.25. The molecule has 1 aliphatic heterocycles. The maximum atomic E-state index is 11.7. The third kappa shape index (κ3) is 2.58. The lowest BCUT2D eigenvalue weighted by Crippen LogP contribution is -2.46. The van der Waals surface area contributed by atoms with Crippen LogP contribution in [0.2, 0.25) is 0 Å². The van der Waals surface area contributed by atoms with Gasteiger partial charge >= 0.3 is 0 Å². The van der Waals surface area contributed by atoms with Crippen LogP contribution in [0.25, 0.3) is 11.0 Å². The Morgan fingerprint density at radius 1 is 1.40 bits per heavy atom. The first-order valence-corrected chi connectivity index (χ1v) is 8.79. The summed E-state index contributed by atoms with van der Waals surface area (Å²) in [5.41, 5.74) is 2.09. The van der Waals surface area contributed by atoms with Crippen LogP contribution < -0.4 is 5.32 Å². The fraction of sp³-hybridized carbons (Fsp3) is 0.500. The lowest BCUT2D eigenvalue weighted by atomic mass is 10.2. The highest BCUT2D eigenvalue weighted by molar-refractivity contribution is 7.91. The molecule has 2 aromatic rings. The molecule has 0 saturated carbocycles. The molecule has 1 aromatic carbocycles. The molecule has 1 atom stereocenters. The van der Waals surface area contributed by atoms with Crippen LogP contribution >= 0.6 is 0 Å². The topological polar surface area (TPSA) is 64.0 Å². The summed E-state index contributed by atoms with van der Waals surface area (Å²) in [6, 6.07) is 8.00. The molecular formula is C14H19N3O2S. The van der Waals surface area contributed by atoms with E-state index >= 15 is 0 Å². The molecule has 1 aliphatic rings. The van der Waals surface area contributed by atoms with Gasteiger partial charge in [0.2, 0.25) is 0 Å². The van der Waals surface area contributed by atoms with Crippen LogP contribution in [0.5, 0.6) is 0 Å². The van der Waals surface area contributed by atoms with Crippen LogP contribution in [-0.2, 0) is 22.8 Å². The lowest BCUT2D eigenvalue weighted by Gasteiger charge is -2.23. The molecule has 6 heteroatoms. The molecule has 0 spiro atoms. The van der Waals surface area contributed by atoms with Gasteiger partial charge in [-0.05, 0) is 19.1 Å². The van der Waals surface area contributed by atoms with E-state index in [9.17, 15) is 8.42 Å². The van der Waals surface area contributed by atoms with Crippen molar-refractivity contribution >= 4 is 20.9 Å². The van der Waals surface area contributed by atoms with Crippen LogP contribution in [-0.4, -0.2) is 42.1 Å². The number of nitrogens with one attached hydrogen (secondary N) is 1. The predicted octanol–water partition coefficient (Wildman–Crippen LogP) is 0.985. The number of imidazole rings is 1. The largest absolute Gasteiger partial charge is 0.328 e. The van der Waals surface area contributed by atoms with Gasteiger partial charge in [0, 0.05) is 25.6 Å². The Hall–Kier alpha value is -1.40. The number of para-hydroxylation sites is 2. The van der Waals surface area contributed by atoms with E-state index in [-0.39, 0.29) is 17.5 Å². The minimum Gasteiger partial charge on any atom is -0.328 e. The third-order valence-corrected chi connectivity index (χ3v) is 5.52. The standard InChI is InChI=1S/C14H19N3O2S/c1-2-17-13-6-4-3-5-12(13)16-14(17)9-11-10-20(18,19)8-7-15-11/h3-6,11,15H,2,7-10H2,1H3. The van der Waals surface area contributed by atoms with Crippen LogP contribution in [0.3, 0.4) is 0 Å². The van der Waals surface area contributed by atoms with Crippen molar-refractivity contribution in [2.45, 2.75) is 25.9 Å². The molecule has 2 heterocycles. The molecule has 0 bridgehead atoms. The van der Waals surface area contributed by atoms with Crippen molar-refractivity contribution < 1.29 is 8.42 Å². The summed E-state index contributed by atoms with van der Waals surface area (Å²) in [5, 5.41) is 3.29. The van der Waals surface area contributed by atoms with E-state index in [1.165, 1.54) is 0 Å². The number of aromatic nitrogens is 2. The average molecular weight is 293 g/mol. The van der Waals surface area contributed by atoms with E-state index in [1.54, 1.807) is 0 Å². The van der Waals surface area contributed by atoms with Crippen LogP contribution in [0.15, 0.2) is 24.3 Å². The Morgan fingerprint density at radius 2 is 2.20 bits per heavy atom. The molecule has 1 fully saturated rings. The zero-order valence-corrected chi connectivity index (χ0v) is 12.4. The van der Waals surface area contributed by atoms with Gasteiger partial charge < -0.3 is 9.88 Å². The maximum Gasteiger partial charge on any atom is 0.153 e. The van der Waals surface area contributed by atoms with Gasteiger partial charge in [-0.3, -0.25) is 0 Å². The highest BCUT2D eigenvalue weighted by atomic mass is 32.2. The zero-order valence-electron chi connectivity index (χ0n) is 11.5. The van der Waals surface area contributed by atoms with Gasteiger partial charge in [-0.25, -0.2) is 13.4 Å². The minimum atomic E-state index is -2.90. The third-order valence-electron chi connectivity index (χ3n) is 3.78. The van der Waals surface area contributed by atoms with E-state index in [0.717, 1.165) is 23.4 Å². The number of fused-ring (bicyclic) bond motifs is 1. The number of aryl methyl sites for hydroxylation is 1. The van der Waals surface area contributed by atoms with Gasteiger partial charge in [0.15, 0.2) is 9.84 Å². The van der Waals surface area contributed by atoms with Crippen molar-refractivity contribution in [3.05, 3.63) is 30.1 Å². The summed E-state index contributed by atoms with van der Waals surface area (Å²) in [7, 11) is -2.90. The molecule has 0 aliphatic carbocycles. The Balaban J connectivity index is 1.90. The number of sulfone groups is 1. The maximum absolute atomic E-state index is 11.7. The van der Waals surface area contributed by atoms with Crippen molar-refractivity contribution in [1.82, 2.24) is 14.9 Å². The average Bonchev–Trinajstić information content (AvgIpc) is 2.74. The monoisotopic (exact) mass is 293 g/mol. The van der Waals surface area contributed by atoms with E-state index in [0.29, 0.717) is 13.0 Å². The molecule has 5 nitrogen and oxygen atoms in total. The molecule has 1 N–H and O–H groups in total. The smallest absolute Gasteiger partial charge is 0.153 e. The fourth-order valence-electron chi connectivity index (χ4n) is 2.85. The zero-order chi connectivity index (χ0) is 14.2. The van der Waals surface area contributed by atoms with Crippen molar-refractivity contribution in [1.29, 1.82) is 0 Å². The van der Waals surface area contributed by atoms with E-state index in [4.69, 9.17) is 0 Å². The van der Waals surface area contributed by atoms with Crippen LogP contribution in [0.1, 0.15) is 12.7 Å². The first kappa shape index (κ1) is 13.6. The van der Waals surface area contributed by atoms with E-state index in [2.05, 4.69) is 27.9 Å². The summed E-state index contributed by atoms with van der Waals surface area (Å²) in [4.78, 5) is 4.65. The highest BCUT2D eigenvalue weighted by Crippen LogP contribution is 2.18. The number of nitrogens with zero attached hydrogens (tertiary/aromatic N) is 2. The predicted molar refractivity (Wildman–Crippen MR) is 79.6 cm³/mol. The Bertz CT molecular complexity index is 721. The fourth-order valence-corrected chi connectivity index (χ4v) is 4.30. The van der Waals surface area contributed by atoms with E-state index < -0.39 is 9.84 Å². The summed E-state index contributed by atoms with van der Waals surface area (Å²) < 4.78 is 25.6. The molecule has 20 heavy (non-hydrogen) atoms. The quantitative estimate of drug-likeness (QED) is 0.916. The molecular weight excluding hydrogens is 274 g/mol. The van der Waals surface area contributed by atoms with Crippen molar-refractivity contribution in [3.8, 4) is 0 Å². The van der Waals surface area contributed by atoms with Gasteiger partial charge in [0.05, 0.1) is 22.5 Å². The molecule has 1 saturated heterocycles. The Labute approximate surface area is 118 Å². The molecule has 3 rings (SSSR count). The molecule has 0 radical (unpaired) electrons. The second-order valence-electron chi connectivity index (χ2n) is 5.23. The second-order valence-corrected chi connectivity index (χ2v) is 7.46. The normalized spacial score (nSPS) is 22.1. The van der Waals surface area contributed by atoms with Crippen LogP contribution in [0.4, 0.5) is 0 Å². The SMILES string of the molecule is CCn1c(CC2CS(=O)(=O)CCN2)nc2ccccc21. The van der Waals surface area contributed by atoms with E-state index in [1.807, 2.05) is 18.2 Å². The van der Waals surface area contributed by atoms with Gasteiger partial charge in [-0.1, -0.05) is 12.1 Å². The number of hydrogen-bond acceptors (Lipinski definition) is 4. The summed E-state index contributed by atoms with van der Waals surface area (Å²) >= 11 is 0. The first-order valence-electron chi connectivity index (χ1n) is 6.97. The number of benzene rings is 1. The van der Waals surface area contributed by atoms with Gasteiger partial charge in [0.1, 0.15) is 5.82 Å². The van der Waals surface area contributed by atoms with Crippen LogP contribution in [0, 0.1) is 0 Å². The number of rotatable bonds is 3. The minimum absolute atomic E-state index is 0.0316. The Kier molecular flexibility index (Phi) is 3.52. The van der Waals surface area contributed by atoms with Gasteiger partial charge in [-0.15, -0.1) is 0 Å². The van der Waals surface area contributed by atoms with Crippen molar-refractivity contribution in [3.63, 3.8) is 0 Å². The summed E-state index contributed by atoms with van der Waals surface area (Å²) in [6.45, 7) is 3.47. The molecule has 1 unspecified atom stereocenters. The summed E-state index contributed by atoms with van der Waals surface area (Å²) in [6.07, 6.45) is 0.655. The Morgan fingerprint density at radius 3 is 2.95 bits per heavy atom. The van der Waals surface area contributed by atoms with Crippen molar-refractivity contribution in [2.75, 3.05) is 18.1 Å². The summed E-state index contributed by atoms with van der Waals surface area (Å²) in [5.74, 6) is 1.41. The van der Waals surface area contributed by atoms with Gasteiger partial charge in [-0.2, -0.15) is 0 Å². The van der Waals surface area contributed by atoms with Gasteiger partial charge in [0.25, 0.3) is 0 Å². The second kappa shape index (κ2) is 5.18. The molecule has 1 aromatic heterocycles.